The Labute approximate surface area is 179 Å². The lowest BCUT2D eigenvalue weighted by Crippen LogP contribution is -2.99. The molecule has 0 spiro atoms. The number of hydrogen-bond donors (Lipinski definition) is 2. The van der Waals surface area contributed by atoms with Crippen LogP contribution in [0.3, 0.4) is 0 Å². The SMILES string of the molecule is O=c1c(Oc2ccccc2Br)coc2cc(OCc3ccc([NH+]([O-])O)cc3)ccc12. The molecule has 1 atom stereocenters. The number of ether oxygens (including phenoxy) is 2. The summed E-state index contributed by atoms with van der Waals surface area (Å²) in [5.41, 5.74) is 1.12. The van der Waals surface area contributed by atoms with Gasteiger partial charge in [-0.1, -0.05) is 12.1 Å². The molecule has 0 saturated carbocycles. The van der Waals surface area contributed by atoms with Crippen molar-refractivity contribution in [2.75, 3.05) is 0 Å². The molecule has 0 bridgehead atoms. The van der Waals surface area contributed by atoms with Gasteiger partial charge < -0.3 is 19.1 Å². The van der Waals surface area contributed by atoms with E-state index in [1.165, 1.54) is 18.4 Å². The Kier molecular flexibility index (Phi) is 5.82. The summed E-state index contributed by atoms with van der Waals surface area (Å²) in [5.74, 6) is 1.12. The van der Waals surface area contributed by atoms with Crippen LogP contribution in [0.1, 0.15) is 5.56 Å². The van der Waals surface area contributed by atoms with Crippen LogP contribution in [0.5, 0.6) is 17.2 Å². The first-order valence-electron chi connectivity index (χ1n) is 8.94. The fraction of sp³-hybridized carbons (Fsp3) is 0.0455. The quantitative estimate of drug-likeness (QED) is 0.408. The Balaban J connectivity index is 1.52. The summed E-state index contributed by atoms with van der Waals surface area (Å²) in [6.45, 7) is 0.249. The summed E-state index contributed by atoms with van der Waals surface area (Å²) in [4.78, 5) is 12.7. The third-order valence-electron chi connectivity index (χ3n) is 4.38. The van der Waals surface area contributed by atoms with Crippen LogP contribution in [0.4, 0.5) is 5.69 Å². The van der Waals surface area contributed by atoms with E-state index >= 15 is 0 Å². The summed E-state index contributed by atoms with van der Waals surface area (Å²) < 4.78 is 17.7. The van der Waals surface area contributed by atoms with Gasteiger partial charge in [0.1, 0.15) is 30.0 Å². The van der Waals surface area contributed by atoms with Gasteiger partial charge in [0, 0.05) is 18.2 Å². The van der Waals surface area contributed by atoms with Gasteiger partial charge in [-0.3, -0.25) is 4.79 Å². The van der Waals surface area contributed by atoms with E-state index in [2.05, 4.69) is 15.9 Å². The second-order valence-electron chi connectivity index (χ2n) is 6.41. The van der Waals surface area contributed by atoms with Crippen LogP contribution < -0.4 is 20.1 Å². The van der Waals surface area contributed by atoms with Crippen molar-refractivity contribution in [3.8, 4) is 17.2 Å². The molecule has 4 rings (SSSR count). The van der Waals surface area contributed by atoms with Crippen molar-refractivity contribution in [3.05, 3.63) is 98.5 Å². The second-order valence-corrected chi connectivity index (χ2v) is 7.26. The zero-order valence-electron chi connectivity index (χ0n) is 15.5. The summed E-state index contributed by atoms with van der Waals surface area (Å²) in [7, 11) is 0. The summed E-state index contributed by atoms with van der Waals surface area (Å²) in [5, 5.41) is 19.2. The van der Waals surface area contributed by atoms with Crippen LogP contribution in [0.25, 0.3) is 11.0 Å². The topological polar surface area (TPSA) is 96.4 Å². The molecule has 0 amide bonds. The summed E-state index contributed by atoms with van der Waals surface area (Å²) in [6.07, 6.45) is 1.28. The van der Waals surface area contributed by atoms with E-state index in [4.69, 9.17) is 19.1 Å². The monoisotopic (exact) mass is 469 g/mol. The van der Waals surface area contributed by atoms with Crippen molar-refractivity contribution >= 4 is 32.6 Å². The number of rotatable bonds is 6. The van der Waals surface area contributed by atoms with Crippen LogP contribution in [0.15, 0.2) is 86.7 Å². The second kappa shape index (κ2) is 8.68. The largest absolute Gasteiger partial charge is 0.595 e. The van der Waals surface area contributed by atoms with Gasteiger partial charge in [-0.25, -0.2) is 5.21 Å². The van der Waals surface area contributed by atoms with E-state index in [1.54, 1.807) is 36.4 Å². The zero-order chi connectivity index (χ0) is 21.1. The lowest BCUT2D eigenvalue weighted by atomic mass is 10.2. The Morgan fingerprint density at radius 1 is 1.03 bits per heavy atom. The first kappa shape index (κ1) is 20.1. The maximum Gasteiger partial charge on any atom is 0.235 e. The van der Waals surface area contributed by atoms with Crippen molar-refractivity contribution in [2.45, 2.75) is 6.61 Å². The summed E-state index contributed by atoms with van der Waals surface area (Å²) >= 11 is 3.38. The highest BCUT2D eigenvalue weighted by Gasteiger charge is 2.12. The molecule has 0 aliphatic carbocycles. The van der Waals surface area contributed by atoms with Crippen LogP contribution in [0, 0.1) is 5.21 Å². The lowest BCUT2D eigenvalue weighted by Gasteiger charge is -2.12. The minimum absolute atomic E-state index is 0.0848. The highest BCUT2D eigenvalue weighted by atomic mass is 79.9. The number of fused-ring (bicyclic) bond motifs is 1. The molecule has 0 radical (unpaired) electrons. The van der Waals surface area contributed by atoms with Gasteiger partial charge in [0.15, 0.2) is 5.69 Å². The number of nitrogens with one attached hydrogen (secondary N) is 1. The van der Waals surface area contributed by atoms with Crippen LogP contribution in [-0.2, 0) is 6.61 Å². The lowest BCUT2D eigenvalue weighted by molar-refractivity contribution is -0.991. The fourth-order valence-corrected chi connectivity index (χ4v) is 3.17. The van der Waals surface area contributed by atoms with Crippen molar-refractivity contribution in [3.63, 3.8) is 0 Å². The smallest absolute Gasteiger partial charge is 0.235 e. The van der Waals surface area contributed by atoms with E-state index in [9.17, 15) is 10.0 Å². The van der Waals surface area contributed by atoms with E-state index in [-0.39, 0.29) is 23.5 Å². The van der Waals surface area contributed by atoms with Crippen molar-refractivity contribution in [2.24, 2.45) is 0 Å². The minimum Gasteiger partial charge on any atom is -0.595 e. The molecule has 1 unspecified atom stereocenters. The third-order valence-corrected chi connectivity index (χ3v) is 5.03. The number of halogens is 1. The molecular weight excluding hydrogens is 454 g/mol. The molecule has 0 saturated heterocycles. The van der Waals surface area contributed by atoms with Gasteiger partial charge in [0.05, 0.1) is 9.86 Å². The Bertz CT molecular complexity index is 1240. The van der Waals surface area contributed by atoms with Gasteiger partial charge in [0.2, 0.25) is 11.2 Å². The number of benzene rings is 3. The molecule has 0 aliphatic heterocycles. The molecule has 152 valence electrons. The standard InChI is InChI=1S/C22H16BrNO6/c23-18-3-1-2-4-19(18)30-21-13-29-20-11-16(9-10-17(20)22(21)25)28-12-14-5-7-15(8-6-14)24(26)27/h1-11,13,24,26H,12H2. The van der Waals surface area contributed by atoms with E-state index in [1.807, 2.05) is 18.2 Å². The first-order chi connectivity index (χ1) is 14.5. The van der Waals surface area contributed by atoms with Crippen LogP contribution in [-0.4, -0.2) is 5.21 Å². The average Bonchev–Trinajstić information content (AvgIpc) is 2.76. The molecular formula is C22H16BrNO6. The van der Waals surface area contributed by atoms with Gasteiger partial charge in [-0.05, 0) is 57.9 Å². The van der Waals surface area contributed by atoms with Gasteiger partial charge >= 0.3 is 0 Å². The Hall–Kier alpha value is -3.17. The van der Waals surface area contributed by atoms with Crippen molar-refractivity contribution in [1.29, 1.82) is 0 Å². The molecule has 30 heavy (non-hydrogen) atoms. The first-order valence-corrected chi connectivity index (χ1v) is 9.73. The Morgan fingerprint density at radius 2 is 1.80 bits per heavy atom. The fourth-order valence-electron chi connectivity index (χ4n) is 2.81. The maximum absolute atomic E-state index is 12.7. The predicted molar refractivity (Wildman–Crippen MR) is 113 cm³/mol. The number of hydrogen-bond acceptors (Lipinski definition) is 6. The molecule has 1 aromatic heterocycles. The average molecular weight is 470 g/mol. The normalized spacial score (nSPS) is 12.0. The van der Waals surface area contributed by atoms with Crippen molar-refractivity contribution < 1.29 is 24.3 Å². The molecule has 1 heterocycles. The molecule has 4 aromatic rings. The van der Waals surface area contributed by atoms with Crippen LogP contribution in [0.2, 0.25) is 0 Å². The highest BCUT2D eigenvalue weighted by Crippen LogP contribution is 2.29. The Morgan fingerprint density at radius 3 is 2.53 bits per heavy atom. The van der Waals surface area contributed by atoms with Crippen LogP contribution >= 0.6 is 15.9 Å². The third kappa shape index (κ3) is 4.37. The molecule has 8 heteroatoms. The summed E-state index contributed by atoms with van der Waals surface area (Å²) in [6, 6.07) is 18.6. The maximum atomic E-state index is 12.7. The van der Waals surface area contributed by atoms with Gasteiger partial charge in [0.25, 0.3) is 0 Å². The number of quaternary nitrogens is 1. The molecule has 0 fully saturated rings. The number of para-hydroxylation sites is 1. The molecule has 0 aliphatic rings. The van der Waals surface area contributed by atoms with E-state index in [0.717, 1.165) is 10.0 Å². The molecule has 3 aromatic carbocycles. The molecule has 2 N–H and O–H groups in total. The van der Waals surface area contributed by atoms with Gasteiger partial charge in [-0.15, -0.1) is 0 Å². The van der Waals surface area contributed by atoms with E-state index < -0.39 is 5.23 Å². The molecule has 7 nitrogen and oxygen atoms in total. The predicted octanol–water partition coefficient (Wildman–Crippen LogP) is 4.33. The zero-order valence-corrected chi connectivity index (χ0v) is 17.1. The minimum atomic E-state index is -0.977. The van der Waals surface area contributed by atoms with Crippen molar-refractivity contribution in [1.82, 2.24) is 0 Å². The van der Waals surface area contributed by atoms with Gasteiger partial charge in [-0.2, -0.15) is 5.23 Å². The highest BCUT2D eigenvalue weighted by molar-refractivity contribution is 9.10. The van der Waals surface area contributed by atoms with E-state index in [0.29, 0.717) is 22.5 Å².